The molecular formula is C17H22N2O4S. The number of carbonyl (C=O) groups excluding carboxylic acids is 2. The second kappa shape index (κ2) is 6.93. The van der Waals surface area contributed by atoms with Gasteiger partial charge < -0.3 is 15.3 Å². The highest BCUT2D eigenvalue weighted by Gasteiger charge is 2.47. The van der Waals surface area contributed by atoms with Gasteiger partial charge in [-0.25, -0.2) is 4.79 Å². The lowest BCUT2D eigenvalue weighted by molar-refractivity contribution is -0.141. The first-order chi connectivity index (χ1) is 11.5. The Morgan fingerprint density at radius 3 is 2.75 bits per heavy atom. The molecule has 3 rings (SSSR count). The normalized spacial score (nSPS) is 26.0. The summed E-state index contributed by atoms with van der Waals surface area (Å²) in [4.78, 5) is 38.6. The van der Waals surface area contributed by atoms with Crippen LogP contribution in [0.4, 0.5) is 0 Å². The average molecular weight is 350 g/mol. The van der Waals surface area contributed by atoms with Gasteiger partial charge in [0.05, 0.1) is 11.4 Å². The standard InChI is InChI=1S/C17H22N2O4S/c1-10(20)18-9-12-6-7-15(24-12)16(21)19-13-5-3-2-4-11(13)8-14(19)17(22)23/h6-7,11,13-14H,2-5,8-9H2,1H3,(H,18,20)(H,22,23)/t11-,13-,14-/m0/s1. The van der Waals surface area contributed by atoms with E-state index in [1.807, 2.05) is 6.07 Å². The molecule has 0 unspecified atom stereocenters. The molecule has 2 fully saturated rings. The molecule has 1 aromatic rings. The maximum absolute atomic E-state index is 13.0. The first-order valence-electron chi connectivity index (χ1n) is 8.36. The maximum Gasteiger partial charge on any atom is 0.326 e. The number of amides is 2. The lowest BCUT2D eigenvalue weighted by Gasteiger charge is -2.32. The van der Waals surface area contributed by atoms with Crippen molar-refractivity contribution in [1.29, 1.82) is 0 Å². The van der Waals surface area contributed by atoms with Crippen LogP contribution >= 0.6 is 11.3 Å². The van der Waals surface area contributed by atoms with E-state index in [2.05, 4.69) is 5.32 Å². The number of carboxylic acids is 1. The van der Waals surface area contributed by atoms with Crippen molar-refractivity contribution in [1.82, 2.24) is 10.2 Å². The molecular weight excluding hydrogens is 328 g/mol. The zero-order valence-electron chi connectivity index (χ0n) is 13.7. The van der Waals surface area contributed by atoms with E-state index in [4.69, 9.17) is 0 Å². The zero-order valence-corrected chi connectivity index (χ0v) is 14.5. The van der Waals surface area contributed by atoms with E-state index >= 15 is 0 Å². The van der Waals surface area contributed by atoms with Gasteiger partial charge in [0.2, 0.25) is 5.91 Å². The molecule has 0 bridgehead atoms. The summed E-state index contributed by atoms with van der Waals surface area (Å²) >= 11 is 1.32. The van der Waals surface area contributed by atoms with Crippen LogP contribution in [0.25, 0.3) is 0 Å². The lowest BCUT2D eigenvalue weighted by Crippen LogP contribution is -2.46. The number of nitrogens with one attached hydrogen (secondary N) is 1. The van der Waals surface area contributed by atoms with Crippen LogP contribution in [0.15, 0.2) is 12.1 Å². The van der Waals surface area contributed by atoms with Crippen LogP contribution in [0.5, 0.6) is 0 Å². The Morgan fingerprint density at radius 2 is 2.04 bits per heavy atom. The van der Waals surface area contributed by atoms with Crippen molar-refractivity contribution in [3.8, 4) is 0 Å². The smallest absolute Gasteiger partial charge is 0.326 e. The average Bonchev–Trinajstić information content (AvgIpc) is 3.17. The van der Waals surface area contributed by atoms with Crippen molar-refractivity contribution in [2.45, 2.75) is 57.7 Å². The van der Waals surface area contributed by atoms with Crippen molar-refractivity contribution in [2.75, 3.05) is 0 Å². The van der Waals surface area contributed by atoms with Gasteiger partial charge in [0.25, 0.3) is 5.91 Å². The number of likely N-dealkylation sites (tertiary alicyclic amines) is 1. The SMILES string of the molecule is CC(=O)NCc1ccc(C(=O)N2[C@H](C(=O)O)C[C@@H]3CCCC[C@@H]32)s1. The highest BCUT2D eigenvalue weighted by molar-refractivity contribution is 7.14. The molecule has 0 radical (unpaired) electrons. The van der Waals surface area contributed by atoms with Gasteiger partial charge in [-0.05, 0) is 37.3 Å². The predicted octanol–water partition coefficient (Wildman–Crippen LogP) is 2.24. The van der Waals surface area contributed by atoms with Crippen LogP contribution in [0, 0.1) is 5.92 Å². The molecule has 1 saturated carbocycles. The summed E-state index contributed by atoms with van der Waals surface area (Å²) in [5.41, 5.74) is 0. The Morgan fingerprint density at radius 1 is 1.29 bits per heavy atom. The number of aliphatic carboxylic acids is 1. The lowest BCUT2D eigenvalue weighted by atomic mass is 9.85. The Hall–Kier alpha value is -1.89. The van der Waals surface area contributed by atoms with Gasteiger partial charge in [0.1, 0.15) is 6.04 Å². The minimum absolute atomic E-state index is 0.0493. The van der Waals surface area contributed by atoms with Crippen LogP contribution in [-0.2, 0) is 16.1 Å². The third kappa shape index (κ3) is 3.31. The first kappa shape index (κ1) is 17.0. The van der Waals surface area contributed by atoms with Crippen LogP contribution < -0.4 is 5.32 Å². The Labute approximate surface area is 144 Å². The molecule has 3 atom stereocenters. The molecule has 0 spiro atoms. The molecule has 1 aliphatic carbocycles. The van der Waals surface area contributed by atoms with Crippen LogP contribution in [0.3, 0.4) is 0 Å². The number of hydrogen-bond acceptors (Lipinski definition) is 4. The van der Waals surface area contributed by atoms with E-state index in [1.54, 1.807) is 11.0 Å². The number of carbonyl (C=O) groups is 3. The highest BCUT2D eigenvalue weighted by Crippen LogP contribution is 2.41. The fourth-order valence-corrected chi connectivity index (χ4v) is 4.79. The van der Waals surface area contributed by atoms with Crippen LogP contribution in [-0.4, -0.2) is 39.9 Å². The second-order valence-corrected chi connectivity index (χ2v) is 7.76. The zero-order chi connectivity index (χ0) is 17.3. The van der Waals surface area contributed by atoms with Gasteiger partial charge in [-0.2, -0.15) is 0 Å². The van der Waals surface area contributed by atoms with Crippen molar-refractivity contribution >= 4 is 29.1 Å². The van der Waals surface area contributed by atoms with Crippen molar-refractivity contribution in [2.24, 2.45) is 5.92 Å². The molecule has 130 valence electrons. The van der Waals surface area contributed by atoms with Crippen molar-refractivity contribution in [3.05, 3.63) is 21.9 Å². The molecule has 1 aromatic heterocycles. The number of rotatable bonds is 4. The molecule has 1 aliphatic heterocycles. The minimum Gasteiger partial charge on any atom is -0.480 e. The van der Waals surface area contributed by atoms with Gasteiger partial charge >= 0.3 is 5.97 Å². The van der Waals surface area contributed by atoms with Gasteiger partial charge in [0.15, 0.2) is 0 Å². The van der Waals surface area contributed by atoms with Crippen molar-refractivity contribution < 1.29 is 19.5 Å². The van der Waals surface area contributed by atoms with Crippen molar-refractivity contribution in [3.63, 3.8) is 0 Å². The second-order valence-electron chi connectivity index (χ2n) is 6.59. The molecule has 1 saturated heterocycles. The summed E-state index contributed by atoms with van der Waals surface area (Å²) in [7, 11) is 0. The Balaban J connectivity index is 1.79. The van der Waals surface area contributed by atoms with E-state index in [-0.39, 0.29) is 17.9 Å². The van der Waals surface area contributed by atoms with E-state index in [1.165, 1.54) is 18.3 Å². The first-order valence-corrected chi connectivity index (χ1v) is 9.17. The van der Waals surface area contributed by atoms with E-state index < -0.39 is 12.0 Å². The summed E-state index contributed by atoms with van der Waals surface area (Å²) in [5.74, 6) is -0.905. The summed E-state index contributed by atoms with van der Waals surface area (Å²) in [6.45, 7) is 1.84. The van der Waals surface area contributed by atoms with Gasteiger partial charge in [-0.3, -0.25) is 9.59 Å². The Kier molecular flexibility index (Phi) is 4.89. The third-order valence-electron chi connectivity index (χ3n) is 4.99. The van der Waals surface area contributed by atoms with Gasteiger partial charge in [-0.1, -0.05) is 12.8 Å². The number of thiophene rings is 1. The highest BCUT2D eigenvalue weighted by atomic mass is 32.1. The molecule has 0 aromatic carbocycles. The fourth-order valence-electron chi connectivity index (χ4n) is 3.90. The summed E-state index contributed by atoms with van der Waals surface area (Å²) < 4.78 is 0. The predicted molar refractivity (Wildman–Crippen MR) is 89.8 cm³/mol. The summed E-state index contributed by atoms with van der Waals surface area (Å²) in [5, 5.41) is 12.2. The number of hydrogen-bond donors (Lipinski definition) is 2. The van der Waals surface area contributed by atoms with E-state index in [0.29, 0.717) is 23.8 Å². The van der Waals surface area contributed by atoms with E-state index in [0.717, 1.165) is 30.6 Å². The molecule has 2 aliphatic rings. The van der Waals surface area contributed by atoms with Gasteiger partial charge in [-0.15, -0.1) is 11.3 Å². The number of carboxylic acid groups (broad SMARTS) is 1. The molecule has 7 heteroatoms. The number of nitrogens with zero attached hydrogens (tertiary/aromatic N) is 1. The molecule has 24 heavy (non-hydrogen) atoms. The largest absolute Gasteiger partial charge is 0.480 e. The molecule has 2 N–H and O–H groups in total. The monoisotopic (exact) mass is 350 g/mol. The fraction of sp³-hybridized carbons (Fsp3) is 0.588. The number of fused-ring (bicyclic) bond motifs is 1. The summed E-state index contributed by atoms with van der Waals surface area (Å²) in [6, 6.07) is 2.89. The quantitative estimate of drug-likeness (QED) is 0.872. The third-order valence-corrected chi connectivity index (χ3v) is 6.06. The van der Waals surface area contributed by atoms with Crippen LogP contribution in [0.2, 0.25) is 0 Å². The van der Waals surface area contributed by atoms with E-state index in [9.17, 15) is 19.5 Å². The topological polar surface area (TPSA) is 86.7 Å². The summed E-state index contributed by atoms with van der Waals surface area (Å²) in [6.07, 6.45) is 4.64. The van der Waals surface area contributed by atoms with Crippen LogP contribution in [0.1, 0.15) is 53.6 Å². The Bertz CT molecular complexity index is 657. The molecule has 2 heterocycles. The van der Waals surface area contributed by atoms with Gasteiger partial charge in [0, 0.05) is 17.8 Å². The molecule has 2 amide bonds. The minimum atomic E-state index is -0.909. The molecule has 6 nitrogen and oxygen atoms in total. The maximum atomic E-state index is 13.0.